The molecular weight excluding hydrogens is 253 g/mol. The van der Waals surface area contributed by atoms with Crippen molar-refractivity contribution < 1.29 is 2.85 Å². The Balaban J connectivity index is 0.00000147. The number of hydrogen-bond acceptors (Lipinski definition) is 0. The largest absolute Gasteiger partial charge is 2.00 e. The van der Waals surface area contributed by atoms with Gasteiger partial charge >= 0.3 is 23.1 Å². The van der Waals surface area contributed by atoms with E-state index in [0.29, 0.717) is 0 Å². The molecular formula is C19H22Mg. The number of rotatable bonds is 1. The van der Waals surface area contributed by atoms with Gasteiger partial charge in [-0.25, -0.2) is 0 Å². The second-order valence-corrected chi connectivity index (χ2v) is 6.31. The first kappa shape index (κ1) is 15.3. The average molecular weight is 275 g/mol. The van der Waals surface area contributed by atoms with Crippen LogP contribution < -0.4 is 0 Å². The van der Waals surface area contributed by atoms with Crippen molar-refractivity contribution in [3.63, 3.8) is 0 Å². The first-order chi connectivity index (χ1) is 9.05. The van der Waals surface area contributed by atoms with E-state index in [2.05, 4.69) is 75.4 Å². The number of hydrogen-bond donors (Lipinski definition) is 0. The van der Waals surface area contributed by atoms with Gasteiger partial charge in [0.05, 0.1) is 0 Å². The van der Waals surface area contributed by atoms with Crippen molar-refractivity contribution in [3.8, 4) is 11.1 Å². The van der Waals surface area contributed by atoms with Gasteiger partial charge in [0, 0.05) is 0 Å². The molecule has 0 atom stereocenters. The van der Waals surface area contributed by atoms with Crippen LogP contribution in [0.4, 0.5) is 0 Å². The number of benzene rings is 2. The maximum absolute atomic E-state index is 2.26. The van der Waals surface area contributed by atoms with Crippen LogP contribution in [0.15, 0.2) is 48.5 Å². The summed E-state index contributed by atoms with van der Waals surface area (Å²) < 4.78 is 0. The molecule has 0 heterocycles. The van der Waals surface area contributed by atoms with Gasteiger partial charge in [0.25, 0.3) is 0 Å². The number of allylic oxidation sites excluding steroid dienone is 1. The molecule has 0 unspecified atom stereocenters. The molecule has 2 aromatic carbocycles. The van der Waals surface area contributed by atoms with Gasteiger partial charge in [-0.3, -0.25) is 0 Å². The van der Waals surface area contributed by atoms with Crippen LogP contribution in [0, 0.1) is 0 Å². The minimum absolute atomic E-state index is 0. The third kappa shape index (κ3) is 2.84. The molecule has 0 fully saturated rings. The van der Waals surface area contributed by atoms with Crippen molar-refractivity contribution in [2.45, 2.75) is 32.6 Å². The first-order valence-electron chi connectivity index (χ1n) is 6.95. The summed E-state index contributed by atoms with van der Waals surface area (Å²) in [5, 5.41) is 0. The zero-order valence-corrected chi connectivity index (χ0v) is 14.0. The zero-order chi connectivity index (χ0) is 13.5. The van der Waals surface area contributed by atoms with Crippen LogP contribution in [0.5, 0.6) is 0 Å². The Morgan fingerprint density at radius 3 is 2.30 bits per heavy atom. The van der Waals surface area contributed by atoms with Crippen LogP contribution in [-0.4, -0.2) is 23.1 Å². The van der Waals surface area contributed by atoms with Crippen molar-refractivity contribution in [2.24, 2.45) is 0 Å². The molecule has 1 aliphatic rings. The van der Waals surface area contributed by atoms with Crippen LogP contribution in [0.25, 0.3) is 17.2 Å². The zero-order valence-electron chi connectivity index (χ0n) is 14.6. The van der Waals surface area contributed by atoms with E-state index in [-0.39, 0.29) is 31.3 Å². The third-order valence-corrected chi connectivity index (χ3v) is 3.88. The van der Waals surface area contributed by atoms with E-state index >= 15 is 0 Å². The molecule has 1 heteroatoms. The van der Waals surface area contributed by atoms with Crippen LogP contribution >= 0.6 is 0 Å². The summed E-state index contributed by atoms with van der Waals surface area (Å²) in [6.45, 7) is 6.76. The Bertz CT molecular complexity index is 637. The predicted molar refractivity (Wildman–Crippen MR) is 91.3 cm³/mol. The smallest absolute Gasteiger partial charge is 1.00 e. The predicted octanol–water partition coefficient (Wildman–Crippen LogP) is 5.06. The van der Waals surface area contributed by atoms with Gasteiger partial charge in [0.2, 0.25) is 0 Å². The molecule has 2 aromatic rings. The summed E-state index contributed by atoms with van der Waals surface area (Å²) in [5.74, 6) is 0. The maximum Gasteiger partial charge on any atom is 2.00 e. The minimum atomic E-state index is 0. The number of fused-ring (bicyclic) bond motifs is 1. The molecule has 0 radical (unpaired) electrons. The van der Waals surface area contributed by atoms with Gasteiger partial charge < -0.3 is 2.85 Å². The Morgan fingerprint density at radius 2 is 1.65 bits per heavy atom. The average Bonchev–Trinajstić information content (AvgIpc) is 2.86. The summed E-state index contributed by atoms with van der Waals surface area (Å²) in [5.41, 5.74) is 7.11. The Labute approximate surface area is 141 Å². The third-order valence-electron chi connectivity index (χ3n) is 3.88. The van der Waals surface area contributed by atoms with Crippen molar-refractivity contribution in [3.05, 3.63) is 65.2 Å². The van der Waals surface area contributed by atoms with Crippen molar-refractivity contribution in [1.29, 1.82) is 0 Å². The normalized spacial score (nSPS) is 12.9. The molecule has 0 aliphatic heterocycles. The van der Waals surface area contributed by atoms with Crippen LogP contribution in [-0.2, 0) is 11.8 Å². The molecule has 0 saturated heterocycles. The minimum Gasteiger partial charge on any atom is -1.00 e. The fourth-order valence-corrected chi connectivity index (χ4v) is 2.69. The molecule has 3 rings (SSSR count). The van der Waals surface area contributed by atoms with Crippen LogP contribution in [0.1, 0.15) is 40.3 Å². The first-order valence-corrected chi connectivity index (χ1v) is 6.95. The van der Waals surface area contributed by atoms with Crippen LogP contribution in [0.2, 0.25) is 0 Å². The molecule has 1 aliphatic carbocycles. The second-order valence-electron chi connectivity index (χ2n) is 6.31. The topological polar surface area (TPSA) is 0 Å². The van der Waals surface area contributed by atoms with Crippen molar-refractivity contribution in [1.82, 2.24) is 0 Å². The summed E-state index contributed by atoms with van der Waals surface area (Å²) in [6, 6.07) is 15.6. The van der Waals surface area contributed by atoms with Crippen molar-refractivity contribution >= 4 is 29.1 Å². The van der Waals surface area contributed by atoms with E-state index in [0.717, 1.165) is 6.42 Å². The monoisotopic (exact) mass is 274 g/mol. The quantitative estimate of drug-likeness (QED) is 0.637. The molecule has 0 bridgehead atoms. The van der Waals surface area contributed by atoms with E-state index in [1.165, 1.54) is 27.8 Å². The maximum atomic E-state index is 2.26. The fraction of sp³-hybridized carbons (Fsp3) is 0.263. The van der Waals surface area contributed by atoms with Gasteiger partial charge in [-0.1, -0.05) is 75.4 Å². The molecule has 0 saturated carbocycles. The van der Waals surface area contributed by atoms with Gasteiger partial charge in [-0.2, -0.15) is 0 Å². The molecule has 0 N–H and O–H groups in total. The van der Waals surface area contributed by atoms with E-state index in [1.54, 1.807) is 0 Å². The van der Waals surface area contributed by atoms with Crippen molar-refractivity contribution in [2.75, 3.05) is 0 Å². The van der Waals surface area contributed by atoms with E-state index in [4.69, 9.17) is 0 Å². The molecule has 0 nitrogen and oxygen atoms in total. The summed E-state index contributed by atoms with van der Waals surface area (Å²) >= 11 is 0. The van der Waals surface area contributed by atoms with E-state index in [1.807, 2.05) is 0 Å². The van der Waals surface area contributed by atoms with Crippen LogP contribution in [0.3, 0.4) is 0 Å². The Hall–Kier alpha value is -1.05. The molecule has 0 amide bonds. The van der Waals surface area contributed by atoms with Gasteiger partial charge in [-0.05, 0) is 39.7 Å². The van der Waals surface area contributed by atoms with Gasteiger partial charge in [0.15, 0.2) is 0 Å². The summed E-state index contributed by atoms with van der Waals surface area (Å²) in [4.78, 5) is 0. The fourth-order valence-electron chi connectivity index (χ4n) is 2.69. The van der Waals surface area contributed by atoms with E-state index < -0.39 is 0 Å². The van der Waals surface area contributed by atoms with Gasteiger partial charge in [-0.15, -0.1) is 0 Å². The molecule has 20 heavy (non-hydrogen) atoms. The van der Waals surface area contributed by atoms with Gasteiger partial charge in [0.1, 0.15) is 0 Å². The SMILES string of the molecule is CC(C)(C)c1ccc(-c2cccc3c2C=CC3)cc1.[H-].[H-].[Mg+2]. The standard InChI is InChI=1S/C19H20.Mg.2H/c1-19(2,3)16-12-10-15(11-13-16)18-9-5-7-14-6-4-8-17(14)18;;;/h4-5,7-13H,6H2,1-3H3;;;/q;+2;2*-1. The molecule has 100 valence electrons. The second kappa shape index (κ2) is 5.75. The Morgan fingerprint density at radius 1 is 0.950 bits per heavy atom. The summed E-state index contributed by atoms with van der Waals surface area (Å²) in [6.07, 6.45) is 5.57. The molecule has 0 spiro atoms. The summed E-state index contributed by atoms with van der Waals surface area (Å²) in [7, 11) is 0. The van der Waals surface area contributed by atoms with E-state index in [9.17, 15) is 0 Å². The Kier molecular flexibility index (Phi) is 4.41. The molecule has 0 aromatic heterocycles.